The van der Waals surface area contributed by atoms with Crippen LogP contribution in [0.25, 0.3) is 22.3 Å². The maximum absolute atomic E-state index is 6.38. The number of hydrogen-bond donors (Lipinski definition) is 0. The molecule has 3 aromatic rings. The predicted molar refractivity (Wildman–Crippen MR) is 86.0 cm³/mol. The fraction of sp³-hybridized carbons (Fsp3) is 0.176. The Morgan fingerprint density at radius 2 is 1.86 bits per heavy atom. The molecule has 0 aliphatic heterocycles. The summed E-state index contributed by atoms with van der Waals surface area (Å²) < 4.78 is 5.40. The van der Waals surface area contributed by atoms with Crippen LogP contribution in [-0.4, -0.2) is 17.1 Å². The molecular weight excluding hydrogens is 284 g/mol. The van der Waals surface area contributed by atoms with E-state index in [0.29, 0.717) is 16.7 Å². The molecule has 0 spiro atoms. The molecule has 3 nitrogen and oxygen atoms in total. The van der Waals surface area contributed by atoms with Gasteiger partial charge in [0.05, 0.1) is 7.11 Å². The maximum atomic E-state index is 6.38. The summed E-state index contributed by atoms with van der Waals surface area (Å²) in [7, 11) is 1.63. The lowest BCUT2D eigenvalue weighted by molar-refractivity contribution is 0.419. The van der Waals surface area contributed by atoms with Gasteiger partial charge in [-0.15, -0.1) is 0 Å². The lowest BCUT2D eigenvalue weighted by Gasteiger charge is -2.10. The molecule has 1 heterocycles. The van der Waals surface area contributed by atoms with E-state index in [0.717, 1.165) is 27.6 Å². The molecule has 106 valence electrons. The van der Waals surface area contributed by atoms with Crippen molar-refractivity contribution in [2.24, 2.45) is 0 Å². The molecule has 0 aliphatic rings. The van der Waals surface area contributed by atoms with Gasteiger partial charge in [-0.2, -0.15) is 0 Å². The zero-order valence-electron chi connectivity index (χ0n) is 12.1. The third-order valence-corrected chi connectivity index (χ3v) is 3.75. The Balaban J connectivity index is 2.32. The van der Waals surface area contributed by atoms with Crippen molar-refractivity contribution >= 4 is 22.5 Å². The molecule has 0 saturated carbocycles. The quantitative estimate of drug-likeness (QED) is 0.650. The van der Waals surface area contributed by atoms with Crippen molar-refractivity contribution in [1.29, 1.82) is 0 Å². The number of nitrogens with zero attached hydrogens (tertiary/aromatic N) is 2. The van der Waals surface area contributed by atoms with E-state index in [9.17, 15) is 0 Å². The van der Waals surface area contributed by atoms with E-state index in [1.807, 2.05) is 50.2 Å². The lowest BCUT2D eigenvalue weighted by Crippen LogP contribution is -1.96. The number of aryl methyl sites for hydroxylation is 2. The van der Waals surface area contributed by atoms with Gasteiger partial charge in [-0.25, -0.2) is 9.97 Å². The van der Waals surface area contributed by atoms with Crippen LogP contribution in [0.5, 0.6) is 5.75 Å². The van der Waals surface area contributed by atoms with Crippen molar-refractivity contribution in [2.45, 2.75) is 13.8 Å². The van der Waals surface area contributed by atoms with Crippen LogP contribution in [-0.2, 0) is 0 Å². The van der Waals surface area contributed by atoms with Crippen molar-refractivity contribution < 1.29 is 4.74 Å². The molecular formula is C17H15ClN2O. The number of rotatable bonds is 2. The fourth-order valence-electron chi connectivity index (χ4n) is 2.40. The summed E-state index contributed by atoms with van der Waals surface area (Å²) in [4.78, 5) is 9.11. The van der Waals surface area contributed by atoms with Crippen LogP contribution in [0, 0.1) is 13.8 Å². The van der Waals surface area contributed by atoms with E-state index < -0.39 is 0 Å². The van der Waals surface area contributed by atoms with E-state index in [-0.39, 0.29) is 0 Å². The van der Waals surface area contributed by atoms with Crippen LogP contribution in [0.15, 0.2) is 36.4 Å². The number of methoxy groups -OCH3 is 1. The minimum Gasteiger partial charge on any atom is -0.494 e. The highest BCUT2D eigenvalue weighted by molar-refractivity contribution is 6.34. The lowest BCUT2D eigenvalue weighted by atomic mass is 10.1. The van der Waals surface area contributed by atoms with E-state index in [4.69, 9.17) is 16.3 Å². The van der Waals surface area contributed by atoms with Crippen LogP contribution >= 0.6 is 11.6 Å². The summed E-state index contributed by atoms with van der Waals surface area (Å²) in [6, 6.07) is 11.9. The zero-order chi connectivity index (χ0) is 15.0. The minimum atomic E-state index is 0.452. The third kappa shape index (κ3) is 2.45. The van der Waals surface area contributed by atoms with Crippen molar-refractivity contribution in [3.63, 3.8) is 0 Å². The van der Waals surface area contributed by atoms with E-state index in [2.05, 4.69) is 9.97 Å². The fourth-order valence-corrected chi connectivity index (χ4v) is 2.72. The number of benzene rings is 2. The molecule has 4 heteroatoms. The second-order valence-corrected chi connectivity index (χ2v) is 5.37. The molecule has 0 fully saturated rings. The number of hydrogen-bond acceptors (Lipinski definition) is 3. The number of fused-ring (bicyclic) bond motifs is 1. The average Bonchev–Trinajstić information content (AvgIpc) is 2.47. The van der Waals surface area contributed by atoms with Crippen LogP contribution in [0.1, 0.15) is 11.1 Å². The standard InChI is InChI=1S/C17H15ClN2O/c1-10-5-4-6-12(9-10)17-19-15-13(21-3)8-7-11(2)14(15)16(18)20-17/h4-9H,1-3H3. The van der Waals surface area contributed by atoms with Gasteiger partial charge in [0, 0.05) is 10.9 Å². The number of ether oxygens (including phenoxy) is 1. The van der Waals surface area contributed by atoms with E-state index in [1.165, 1.54) is 0 Å². The van der Waals surface area contributed by atoms with Crippen molar-refractivity contribution in [3.05, 3.63) is 52.7 Å². The Kier molecular flexibility index (Phi) is 3.52. The summed E-state index contributed by atoms with van der Waals surface area (Å²) in [6.07, 6.45) is 0. The number of aromatic nitrogens is 2. The van der Waals surface area contributed by atoms with Crippen molar-refractivity contribution in [2.75, 3.05) is 7.11 Å². The summed E-state index contributed by atoms with van der Waals surface area (Å²) in [6.45, 7) is 4.03. The second kappa shape index (κ2) is 5.34. The highest BCUT2D eigenvalue weighted by Crippen LogP contribution is 2.33. The molecule has 0 unspecified atom stereocenters. The second-order valence-electron chi connectivity index (χ2n) is 5.02. The van der Waals surface area contributed by atoms with Gasteiger partial charge in [-0.1, -0.05) is 41.4 Å². The SMILES string of the molecule is COc1ccc(C)c2c(Cl)nc(-c3cccc(C)c3)nc12. The first kappa shape index (κ1) is 13.8. The van der Waals surface area contributed by atoms with Gasteiger partial charge in [-0.3, -0.25) is 0 Å². The molecule has 0 radical (unpaired) electrons. The molecule has 21 heavy (non-hydrogen) atoms. The van der Waals surface area contributed by atoms with Crippen molar-refractivity contribution in [3.8, 4) is 17.1 Å². The topological polar surface area (TPSA) is 35.0 Å². The van der Waals surface area contributed by atoms with Gasteiger partial charge >= 0.3 is 0 Å². The molecule has 1 aromatic heterocycles. The molecule has 2 aromatic carbocycles. The Morgan fingerprint density at radius 3 is 2.57 bits per heavy atom. The molecule has 0 aliphatic carbocycles. The molecule has 0 bridgehead atoms. The Hall–Kier alpha value is -2.13. The summed E-state index contributed by atoms with van der Waals surface area (Å²) >= 11 is 6.38. The van der Waals surface area contributed by atoms with Gasteiger partial charge in [0.25, 0.3) is 0 Å². The predicted octanol–water partition coefficient (Wildman–Crippen LogP) is 4.58. The Bertz CT molecular complexity index is 830. The monoisotopic (exact) mass is 298 g/mol. The maximum Gasteiger partial charge on any atom is 0.161 e. The number of halogens is 1. The minimum absolute atomic E-state index is 0.452. The van der Waals surface area contributed by atoms with Crippen LogP contribution in [0.2, 0.25) is 5.15 Å². The largest absolute Gasteiger partial charge is 0.494 e. The molecule has 0 atom stereocenters. The third-order valence-electron chi connectivity index (χ3n) is 3.47. The summed E-state index contributed by atoms with van der Waals surface area (Å²) in [5.41, 5.74) is 3.88. The first-order valence-corrected chi connectivity index (χ1v) is 7.06. The van der Waals surface area contributed by atoms with E-state index in [1.54, 1.807) is 7.11 Å². The highest BCUT2D eigenvalue weighted by Gasteiger charge is 2.13. The normalized spacial score (nSPS) is 10.9. The van der Waals surface area contributed by atoms with Crippen LogP contribution in [0.3, 0.4) is 0 Å². The summed E-state index contributed by atoms with van der Waals surface area (Å²) in [5.74, 6) is 1.31. The smallest absolute Gasteiger partial charge is 0.161 e. The highest BCUT2D eigenvalue weighted by atomic mass is 35.5. The molecule has 3 rings (SSSR count). The van der Waals surface area contributed by atoms with E-state index >= 15 is 0 Å². The van der Waals surface area contributed by atoms with Crippen molar-refractivity contribution in [1.82, 2.24) is 9.97 Å². The summed E-state index contributed by atoms with van der Waals surface area (Å²) in [5, 5.41) is 1.29. The average molecular weight is 299 g/mol. The first-order valence-electron chi connectivity index (χ1n) is 6.68. The van der Waals surface area contributed by atoms with Gasteiger partial charge in [-0.05, 0) is 31.5 Å². The Labute approximate surface area is 128 Å². The van der Waals surface area contributed by atoms with Gasteiger partial charge < -0.3 is 4.74 Å². The van der Waals surface area contributed by atoms with Gasteiger partial charge in [0.1, 0.15) is 16.4 Å². The van der Waals surface area contributed by atoms with Crippen LogP contribution < -0.4 is 4.74 Å². The molecule has 0 N–H and O–H groups in total. The molecule has 0 saturated heterocycles. The first-order chi connectivity index (χ1) is 10.1. The van der Waals surface area contributed by atoms with Gasteiger partial charge in [0.2, 0.25) is 0 Å². The molecule has 0 amide bonds. The van der Waals surface area contributed by atoms with Gasteiger partial charge in [0.15, 0.2) is 5.82 Å². The zero-order valence-corrected chi connectivity index (χ0v) is 12.9. The Morgan fingerprint density at radius 1 is 1.05 bits per heavy atom. The van der Waals surface area contributed by atoms with Crippen LogP contribution in [0.4, 0.5) is 0 Å².